The van der Waals surface area contributed by atoms with Gasteiger partial charge in [-0.25, -0.2) is 10.0 Å². The molecule has 0 spiro atoms. The van der Waals surface area contributed by atoms with Crippen LogP contribution in [0.15, 0.2) is 22.8 Å². The van der Waals surface area contributed by atoms with E-state index in [1.54, 1.807) is 6.07 Å². The van der Waals surface area contributed by atoms with E-state index in [0.717, 1.165) is 12.8 Å². The molecule has 8 heteroatoms. The van der Waals surface area contributed by atoms with Crippen LogP contribution in [0.25, 0.3) is 0 Å². The first-order valence-corrected chi connectivity index (χ1v) is 8.13. The van der Waals surface area contributed by atoms with Crippen molar-refractivity contribution in [3.8, 4) is 0 Å². The van der Waals surface area contributed by atoms with Crippen molar-refractivity contribution in [1.82, 2.24) is 15.3 Å². The second kappa shape index (κ2) is 9.07. The summed E-state index contributed by atoms with van der Waals surface area (Å²) in [6, 6.07) is 3.11. The molecule has 1 aliphatic rings. The van der Waals surface area contributed by atoms with Crippen LogP contribution in [0.3, 0.4) is 0 Å². The Kier molecular flexibility index (Phi) is 6.80. The van der Waals surface area contributed by atoms with E-state index in [1.165, 1.54) is 22.3 Å². The molecule has 1 N–H and O–H groups in total. The fourth-order valence-electron chi connectivity index (χ4n) is 2.35. The fraction of sp³-hybridized carbons (Fsp3) is 0.562. The van der Waals surface area contributed by atoms with Crippen molar-refractivity contribution in [2.45, 2.75) is 26.2 Å². The van der Waals surface area contributed by atoms with Gasteiger partial charge in [0.1, 0.15) is 6.61 Å². The first kappa shape index (κ1) is 18.0. The molecule has 2 heterocycles. The lowest BCUT2D eigenvalue weighted by molar-refractivity contribution is -0.160. The molecule has 0 saturated carbocycles. The van der Waals surface area contributed by atoms with Gasteiger partial charge < -0.3 is 14.5 Å². The number of hydrazine groups is 1. The number of nitrogens with zero attached hydrogens (tertiary/aromatic N) is 2. The van der Waals surface area contributed by atoms with E-state index in [-0.39, 0.29) is 30.7 Å². The summed E-state index contributed by atoms with van der Waals surface area (Å²) in [5.74, 6) is -0.904. The molecular formula is C16H23N3O5. The Morgan fingerprint density at radius 2 is 2.00 bits per heavy atom. The van der Waals surface area contributed by atoms with Gasteiger partial charge >= 0.3 is 0 Å². The van der Waals surface area contributed by atoms with Crippen molar-refractivity contribution in [3.05, 3.63) is 24.2 Å². The molecule has 1 saturated heterocycles. The molecule has 0 bridgehead atoms. The van der Waals surface area contributed by atoms with E-state index in [1.807, 2.05) is 6.92 Å². The molecule has 1 fully saturated rings. The van der Waals surface area contributed by atoms with Crippen LogP contribution in [0.4, 0.5) is 0 Å². The van der Waals surface area contributed by atoms with Crippen molar-refractivity contribution in [1.29, 1.82) is 0 Å². The Balaban J connectivity index is 1.79. The number of ether oxygens (including phenoxy) is 1. The summed E-state index contributed by atoms with van der Waals surface area (Å²) in [5, 5.41) is 5.25. The maximum Gasteiger partial charge on any atom is 0.287 e. The summed E-state index contributed by atoms with van der Waals surface area (Å²) >= 11 is 0. The lowest BCUT2D eigenvalue weighted by atomic mass is 10.4. The van der Waals surface area contributed by atoms with Gasteiger partial charge in [0.2, 0.25) is 0 Å². The number of hydrogen-bond acceptors (Lipinski definition) is 5. The van der Waals surface area contributed by atoms with Gasteiger partial charge in [0.15, 0.2) is 5.76 Å². The first-order chi connectivity index (χ1) is 11.6. The fourth-order valence-corrected chi connectivity index (χ4v) is 2.35. The van der Waals surface area contributed by atoms with Gasteiger partial charge in [0, 0.05) is 19.7 Å². The minimum absolute atomic E-state index is 0.0392. The normalized spacial score (nSPS) is 14.0. The third-order valence-electron chi connectivity index (χ3n) is 3.62. The zero-order valence-corrected chi connectivity index (χ0v) is 13.8. The Morgan fingerprint density at radius 3 is 2.67 bits per heavy atom. The molecule has 0 atom stereocenters. The third kappa shape index (κ3) is 4.82. The lowest BCUT2D eigenvalue weighted by Crippen LogP contribution is -2.49. The van der Waals surface area contributed by atoms with Gasteiger partial charge in [-0.3, -0.25) is 14.4 Å². The third-order valence-corrected chi connectivity index (χ3v) is 3.62. The second-order valence-corrected chi connectivity index (χ2v) is 5.45. The van der Waals surface area contributed by atoms with Crippen molar-refractivity contribution in [3.63, 3.8) is 0 Å². The van der Waals surface area contributed by atoms with Crippen molar-refractivity contribution < 1.29 is 23.5 Å². The highest BCUT2D eigenvalue weighted by Gasteiger charge is 2.30. The Bertz CT molecular complexity index is 558. The smallest absolute Gasteiger partial charge is 0.287 e. The highest BCUT2D eigenvalue weighted by Crippen LogP contribution is 2.11. The second-order valence-electron chi connectivity index (χ2n) is 5.45. The van der Waals surface area contributed by atoms with Gasteiger partial charge in [-0.05, 0) is 25.0 Å². The highest BCUT2D eigenvalue weighted by atomic mass is 16.5. The number of furan rings is 1. The largest absolute Gasteiger partial charge is 0.459 e. The van der Waals surface area contributed by atoms with Crippen molar-refractivity contribution in [2.24, 2.45) is 0 Å². The SMILES string of the molecule is CCCCOCC(=O)N1CCCN1C(=O)CNC(=O)c1ccco1. The van der Waals surface area contributed by atoms with E-state index >= 15 is 0 Å². The molecule has 0 unspecified atom stereocenters. The summed E-state index contributed by atoms with van der Waals surface area (Å²) in [6.07, 6.45) is 3.99. The number of hydrogen-bond donors (Lipinski definition) is 1. The van der Waals surface area contributed by atoms with Crippen LogP contribution in [0.5, 0.6) is 0 Å². The standard InChI is InChI=1S/C16H23N3O5/c1-2-3-9-23-12-15(21)19-8-5-7-18(19)14(20)11-17-16(22)13-6-4-10-24-13/h4,6,10H,2-3,5,7-9,11-12H2,1H3,(H,17,22). The molecule has 24 heavy (non-hydrogen) atoms. The molecule has 1 aromatic heterocycles. The van der Waals surface area contributed by atoms with Gasteiger partial charge in [0.25, 0.3) is 17.7 Å². The number of nitrogens with one attached hydrogen (secondary N) is 1. The average molecular weight is 337 g/mol. The number of rotatable bonds is 8. The predicted molar refractivity (Wildman–Crippen MR) is 84.8 cm³/mol. The van der Waals surface area contributed by atoms with Gasteiger partial charge in [-0.1, -0.05) is 13.3 Å². The van der Waals surface area contributed by atoms with Gasteiger partial charge in [0.05, 0.1) is 12.8 Å². The molecule has 1 aliphatic heterocycles. The average Bonchev–Trinajstić information content (AvgIpc) is 3.27. The monoisotopic (exact) mass is 337 g/mol. The quantitative estimate of drug-likeness (QED) is 0.709. The van der Waals surface area contributed by atoms with Crippen LogP contribution >= 0.6 is 0 Å². The van der Waals surface area contributed by atoms with Gasteiger partial charge in [-0.2, -0.15) is 0 Å². The maximum absolute atomic E-state index is 12.3. The van der Waals surface area contributed by atoms with Crippen LogP contribution < -0.4 is 5.32 Å². The molecule has 0 aliphatic carbocycles. The summed E-state index contributed by atoms with van der Waals surface area (Å²) in [5.41, 5.74) is 0. The summed E-state index contributed by atoms with van der Waals surface area (Å²) in [7, 11) is 0. The Labute approximate surface area is 140 Å². The Morgan fingerprint density at radius 1 is 1.25 bits per heavy atom. The predicted octanol–water partition coefficient (Wildman–Crippen LogP) is 0.802. The highest BCUT2D eigenvalue weighted by molar-refractivity contribution is 5.94. The molecule has 0 radical (unpaired) electrons. The maximum atomic E-state index is 12.3. The zero-order chi connectivity index (χ0) is 17.4. The molecule has 3 amide bonds. The van der Waals surface area contributed by atoms with E-state index in [9.17, 15) is 14.4 Å². The van der Waals surface area contributed by atoms with Gasteiger partial charge in [-0.15, -0.1) is 0 Å². The molecule has 0 aromatic carbocycles. The topological polar surface area (TPSA) is 92.1 Å². The summed E-state index contributed by atoms with van der Waals surface area (Å²) in [4.78, 5) is 36.2. The number of carbonyl (C=O) groups is 3. The van der Waals surface area contributed by atoms with Crippen LogP contribution in [0.1, 0.15) is 36.7 Å². The minimum Gasteiger partial charge on any atom is -0.459 e. The first-order valence-electron chi connectivity index (χ1n) is 8.13. The van der Waals surface area contributed by atoms with Crippen LogP contribution in [-0.2, 0) is 14.3 Å². The van der Waals surface area contributed by atoms with Crippen molar-refractivity contribution in [2.75, 3.05) is 32.8 Å². The molecule has 1 aromatic rings. The molecule has 8 nitrogen and oxygen atoms in total. The number of unbranched alkanes of at least 4 members (excludes halogenated alkanes) is 1. The zero-order valence-electron chi connectivity index (χ0n) is 13.8. The minimum atomic E-state index is -0.465. The Hall–Kier alpha value is -2.35. The number of amides is 3. The summed E-state index contributed by atoms with van der Waals surface area (Å²) < 4.78 is 10.3. The lowest BCUT2D eigenvalue weighted by Gasteiger charge is -2.27. The van der Waals surface area contributed by atoms with E-state index in [4.69, 9.17) is 9.15 Å². The molecule has 2 rings (SSSR count). The number of carbonyl (C=O) groups excluding carboxylic acids is 3. The van der Waals surface area contributed by atoms with E-state index in [0.29, 0.717) is 26.1 Å². The van der Waals surface area contributed by atoms with Crippen LogP contribution in [0, 0.1) is 0 Å². The van der Waals surface area contributed by atoms with Crippen LogP contribution in [0.2, 0.25) is 0 Å². The molecular weight excluding hydrogens is 314 g/mol. The van der Waals surface area contributed by atoms with E-state index < -0.39 is 5.91 Å². The summed E-state index contributed by atoms with van der Waals surface area (Å²) in [6.45, 7) is 3.28. The molecule has 132 valence electrons. The van der Waals surface area contributed by atoms with Crippen molar-refractivity contribution >= 4 is 17.7 Å². The van der Waals surface area contributed by atoms with E-state index in [2.05, 4.69) is 5.32 Å². The van der Waals surface area contributed by atoms with Crippen LogP contribution in [-0.4, -0.2) is 60.6 Å².